The van der Waals surface area contributed by atoms with E-state index in [-0.39, 0.29) is 6.04 Å². The van der Waals surface area contributed by atoms with E-state index in [1.807, 2.05) is 36.5 Å². The number of likely N-dealkylation sites (N-methyl/N-ethyl adjacent to an activating group) is 1. The van der Waals surface area contributed by atoms with E-state index in [9.17, 15) is 5.11 Å². The van der Waals surface area contributed by atoms with Gasteiger partial charge in [-0.25, -0.2) is 0 Å². The van der Waals surface area contributed by atoms with Gasteiger partial charge in [-0.2, -0.15) is 5.10 Å². The van der Waals surface area contributed by atoms with Gasteiger partial charge >= 0.3 is 0 Å². The van der Waals surface area contributed by atoms with E-state index in [4.69, 9.17) is 0 Å². The monoisotopic (exact) mass is 309 g/mol. The minimum atomic E-state index is -0.493. The summed E-state index contributed by atoms with van der Waals surface area (Å²) in [6.45, 7) is 5.89. The molecule has 0 amide bonds. The topological polar surface area (TPSA) is 52.2 Å². The number of benzene rings is 2. The fourth-order valence-corrected chi connectivity index (χ4v) is 2.99. The average Bonchev–Trinajstić information content (AvgIpc) is 3.07. The summed E-state index contributed by atoms with van der Waals surface area (Å²) in [5.74, 6) is 0. The van der Waals surface area contributed by atoms with Gasteiger partial charge in [0.15, 0.2) is 0 Å². The molecule has 0 aliphatic heterocycles. The van der Waals surface area contributed by atoms with Crippen molar-refractivity contribution in [2.45, 2.75) is 32.5 Å². The highest BCUT2D eigenvalue weighted by Gasteiger charge is 2.22. The molecule has 4 nitrogen and oxygen atoms in total. The Balaban J connectivity index is 1.75. The maximum atomic E-state index is 10.6. The van der Waals surface area contributed by atoms with Crippen molar-refractivity contribution in [1.82, 2.24) is 15.1 Å². The van der Waals surface area contributed by atoms with Gasteiger partial charge in [-0.3, -0.25) is 10.00 Å². The van der Waals surface area contributed by atoms with Crippen LogP contribution in [0.2, 0.25) is 0 Å². The fourth-order valence-electron chi connectivity index (χ4n) is 2.99. The molecule has 2 aromatic carbocycles. The normalized spacial score (nSPS) is 14.3. The maximum absolute atomic E-state index is 10.6. The molecule has 1 aromatic heterocycles. The number of aliphatic hydroxyl groups excluding tert-OH is 1. The second kappa shape index (κ2) is 6.94. The summed E-state index contributed by atoms with van der Waals surface area (Å²) in [6.07, 6.45) is 1.34. The van der Waals surface area contributed by atoms with Crippen LogP contribution in [0.3, 0.4) is 0 Å². The highest BCUT2D eigenvalue weighted by atomic mass is 16.3. The molecule has 3 aromatic rings. The molecule has 0 radical (unpaired) electrons. The van der Waals surface area contributed by atoms with Crippen LogP contribution in [-0.2, 0) is 6.54 Å². The standard InChI is InChI=1S/C19H23N3O/c1-3-22(14(2)19(23)16-7-5-4-6-8-16)13-15-9-10-17-12-20-21-18(17)11-15/h4-12,14,19,23H,3,13H2,1-2H3,(H,20,21). The Morgan fingerprint density at radius 2 is 1.96 bits per heavy atom. The van der Waals surface area contributed by atoms with Gasteiger partial charge in [0, 0.05) is 18.0 Å². The Labute approximate surface area is 136 Å². The average molecular weight is 309 g/mol. The van der Waals surface area contributed by atoms with Crippen molar-refractivity contribution in [1.29, 1.82) is 0 Å². The van der Waals surface area contributed by atoms with E-state index < -0.39 is 6.10 Å². The SMILES string of the molecule is CCN(Cc1ccc2cn[nH]c2c1)C(C)C(O)c1ccccc1. The summed E-state index contributed by atoms with van der Waals surface area (Å²) in [6, 6.07) is 16.2. The third-order valence-corrected chi connectivity index (χ3v) is 4.47. The van der Waals surface area contributed by atoms with Crippen LogP contribution in [0.15, 0.2) is 54.7 Å². The van der Waals surface area contributed by atoms with Crippen molar-refractivity contribution >= 4 is 10.9 Å². The lowest BCUT2D eigenvalue weighted by atomic mass is 10.0. The molecule has 3 rings (SSSR count). The third-order valence-electron chi connectivity index (χ3n) is 4.47. The zero-order valence-corrected chi connectivity index (χ0v) is 13.6. The molecule has 120 valence electrons. The van der Waals surface area contributed by atoms with Crippen LogP contribution >= 0.6 is 0 Å². The number of H-pyrrole nitrogens is 1. The fraction of sp³-hybridized carbons (Fsp3) is 0.316. The van der Waals surface area contributed by atoms with Gasteiger partial charge in [0.25, 0.3) is 0 Å². The number of rotatable bonds is 6. The number of nitrogens with zero attached hydrogens (tertiary/aromatic N) is 2. The molecule has 0 aliphatic carbocycles. The van der Waals surface area contributed by atoms with Crippen LogP contribution in [0.1, 0.15) is 31.1 Å². The minimum absolute atomic E-state index is 0.0415. The highest BCUT2D eigenvalue weighted by Crippen LogP contribution is 2.23. The van der Waals surface area contributed by atoms with Crippen molar-refractivity contribution in [2.75, 3.05) is 6.54 Å². The van der Waals surface area contributed by atoms with Gasteiger partial charge in [0.2, 0.25) is 0 Å². The van der Waals surface area contributed by atoms with E-state index >= 15 is 0 Å². The van der Waals surface area contributed by atoms with Crippen molar-refractivity contribution in [3.8, 4) is 0 Å². The van der Waals surface area contributed by atoms with E-state index in [0.717, 1.165) is 29.6 Å². The number of hydrogen-bond donors (Lipinski definition) is 2. The number of aromatic nitrogens is 2. The quantitative estimate of drug-likeness (QED) is 0.732. The first kappa shape index (κ1) is 15.7. The molecule has 0 spiro atoms. The molecule has 0 aliphatic rings. The van der Waals surface area contributed by atoms with E-state index in [2.05, 4.69) is 47.1 Å². The Morgan fingerprint density at radius 1 is 1.17 bits per heavy atom. The lowest BCUT2D eigenvalue weighted by Crippen LogP contribution is -2.37. The molecule has 2 N–H and O–H groups in total. The summed E-state index contributed by atoms with van der Waals surface area (Å²) in [7, 11) is 0. The largest absolute Gasteiger partial charge is 0.387 e. The first-order valence-electron chi connectivity index (χ1n) is 8.08. The smallest absolute Gasteiger partial charge is 0.0942 e. The van der Waals surface area contributed by atoms with E-state index in [0.29, 0.717) is 0 Å². The zero-order chi connectivity index (χ0) is 16.2. The molecular weight excluding hydrogens is 286 g/mol. The minimum Gasteiger partial charge on any atom is -0.387 e. The third kappa shape index (κ3) is 3.44. The van der Waals surface area contributed by atoms with Gasteiger partial charge < -0.3 is 5.11 Å². The summed E-state index contributed by atoms with van der Waals surface area (Å²) in [5.41, 5.74) is 3.23. The van der Waals surface area contributed by atoms with E-state index in [1.54, 1.807) is 0 Å². The summed E-state index contributed by atoms with van der Waals surface area (Å²) in [5, 5.41) is 18.8. The summed E-state index contributed by atoms with van der Waals surface area (Å²) >= 11 is 0. The lowest BCUT2D eigenvalue weighted by Gasteiger charge is -2.31. The van der Waals surface area contributed by atoms with Crippen molar-refractivity contribution in [2.24, 2.45) is 0 Å². The van der Waals surface area contributed by atoms with Crippen molar-refractivity contribution in [3.05, 3.63) is 65.9 Å². The molecular formula is C19H23N3O. The van der Waals surface area contributed by atoms with Gasteiger partial charge in [-0.15, -0.1) is 0 Å². The van der Waals surface area contributed by atoms with Crippen LogP contribution < -0.4 is 0 Å². The van der Waals surface area contributed by atoms with Crippen molar-refractivity contribution < 1.29 is 5.11 Å². The predicted molar refractivity (Wildman–Crippen MR) is 93.0 cm³/mol. The van der Waals surface area contributed by atoms with Crippen LogP contribution in [0.4, 0.5) is 0 Å². The number of nitrogens with one attached hydrogen (secondary N) is 1. The number of aliphatic hydroxyl groups is 1. The molecule has 2 atom stereocenters. The molecule has 23 heavy (non-hydrogen) atoms. The first-order valence-corrected chi connectivity index (χ1v) is 8.08. The van der Waals surface area contributed by atoms with E-state index in [1.165, 1.54) is 5.56 Å². The Morgan fingerprint density at radius 3 is 2.70 bits per heavy atom. The van der Waals surface area contributed by atoms with Gasteiger partial charge in [0.1, 0.15) is 0 Å². The predicted octanol–water partition coefficient (Wildman–Crippen LogP) is 3.51. The second-order valence-corrected chi connectivity index (χ2v) is 5.95. The van der Waals surface area contributed by atoms with Crippen LogP contribution in [-0.4, -0.2) is 32.8 Å². The molecule has 0 bridgehead atoms. The molecule has 0 fully saturated rings. The highest BCUT2D eigenvalue weighted by molar-refractivity contribution is 5.78. The van der Waals surface area contributed by atoms with Crippen LogP contribution in [0.5, 0.6) is 0 Å². The maximum Gasteiger partial charge on any atom is 0.0942 e. The first-order chi connectivity index (χ1) is 11.2. The lowest BCUT2D eigenvalue weighted by molar-refractivity contribution is 0.0564. The van der Waals surface area contributed by atoms with Gasteiger partial charge in [-0.1, -0.05) is 49.4 Å². The summed E-state index contributed by atoms with van der Waals surface area (Å²) < 4.78 is 0. The summed E-state index contributed by atoms with van der Waals surface area (Å²) in [4.78, 5) is 2.29. The molecule has 1 heterocycles. The number of hydrogen-bond acceptors (Lipinski definition) is 3. The second-order valence-electron chi connectivity index (χ2n) is 5.95. The van der Waals surface area contributed by atoms with Gasteiger partial charge in [-0.05, 0) is 30.7 Å². The molecule has 0 saturated carbocycles. The van der Waals surface area contributed by atoms with Crippen LogP contribution in [0.25, 0.3) is 10.9 Å². The number of fused-ring (bicyclic) bond motifs is 1. The van der Waals surface area contributed by atoms with Crippen molar-refractivity contribution in [3.63, 3.8) is 0 Å². The molecule has 0 saturated heterocycles. The van der Waals surface area contributed by atoms with Crippen LogP contribution in [0, 0.1) is 0 Å². The zero-order valence-electron chi connectivity index (χ0n) is 13.6. The molecule has 4 heteroatoms. The Bertz CT molecular complexity index is 753. The van der Waals surface area contributed by atoms with Gasteiger partial charge in [0.05, 0.1) is 17.8 Å². The Hall–Kier alpha value is -2.17. The number of aromatic amines is 1. The Kier molecular flexibility index (Phi) is 4.74. The molecule has 2 unspecified atom stereocenters.